The monoisotopic (exact) mass is 567 g/mol. The minimum absolute atomic E-state index is 0.262. The van der Waals surface area contributed by atoms with Crippen molar-refractivity contribution in [3.63, 3.8) is 0 Å². The van der Waals surface area contributed by atoms with Crippen molar-refractivity contribution in [2.45, 2.75) is 106 Å². The summed E-state index contributed by atoms with van der Waals surface area (Å²) in [5, 5.41) is 0. The third-order valence-corrected chi connectivity index (χ3v) is 7.87. The van der Waals surface area contributed by atoms with Crippen LogP contribution in [-0.2, 0) is 17.8 Å². The van der Waals surface area contributed by atoms with Crippen LogP contribution in [0.15, 0.2) is 85.0 Å². The van der Waals surface area contributed by atoms with E-state index < -0.39 is 0 Å². The molecule has 1 saturated carbocycles. The van der Waals surface area contributed by atoms with Gasteiger partial charge in [-0.2, -0.15) is 0 Å². The second-order valence-corrected chi connectivity index (χ2v) is 13.4. The molecule has 228 valence electrons. The van der Waals surface area contributed by atoms with Gasteiger partial charge in [-0.05, 0) is 103 Å². The van der Waals surface area contributed by atoms with Gasteiger partial charge in [0.1, 0.15) is 5.78 Å². The minimum Gasteiger partial charge on any atom is -0.326 e. The van der Waals surface area contributed by atoms with Crippen LogP contribution < -0.4 is 5.73 Å². The first-order valence-electron chi connectivity index (χ1n) is 16.1. The van der Waals surface area contributed by atoms with Gasteiger partial charge in [0.05, 0.1) is 0 Å². The van der Waals surface area contributed by atoms with Crippen molar-refractivity contribution >= 4 is 16.9 Å². The lowest BCUT2D eigenvalue weighted by Gasteiger charge is -2.28. The summed E-state index contributed by atoms with van der Waals surface area (Å²) in [4.78, 5) is 11.7. The van der Waals surface area contributed by atoms with Gasteiger partial charge in [0.2, 0.25) is 0 Å². The highest BCUT2D eigenvalue weighted by Crippen LogP contribution is 2.37. The molecule has 0 aliphatic heterocycles. The maximum atomic E-state index is 11.7. The van der Waals surface area contributed by atoms with E-state index in [2.05, 4.69) is 102 Å². The van der Waals surface area contributed by atoms with E-state index in [-0.39, 0.29) is 5.92 Å². The molecule has 2 aromatic rings. The first-order chi connectivity index (χ1) is 19.9. The largest absolute Gasteiger partial charge is 0.326 e. The third-order valence-electron chi connectivity index (χ3n) is 7.87. The van der Waals surface area contributed by atoms with E-state index in [9.17, 15) is 4.79 Å². The Bertz CT molecular complexity index is 1220. The lowest BCUT2D eigenvalue weighted by Crippen LogP contribution is -2.20. The Morgan fingerprint density at radius 3 is 1.95 bits per heavy atom. The highest BCUT2D eigenvalue weighted by molar-refractivity contribution is 5.78. The summed E-state index contributed by atoms with van der Waals surface area (Å²) in [6, 6.07) is 17.4. The molecule has 2 N–H and O–H groups in total. The molecular weight excluding hydrogens is 510 g/mol. The van der Waals surface area contributed by atoms with Gasteiger partial charge in [-0.1, -0.05) is 127 Å². The number of nitrogens with two attached hydrogens (primary N) is 1. The SMILES string of the molecule is C=C(CC1=CC=C(CCc2cccc(C(=C)C3CCC(C(C)=O)CC3)c2)C1)c1ccc(CN)cc1.CC.CC(C)(C)C. The van der Waals surface area contributed by atoms with Crippen LogP contribution in [0.25, 0.3) is 11.1 Å². The van der Waals surface area contributed by atoms with Crippen molar-refractivity contribution in [2.75, 3.05) is 0 Å². The average Bonchev–Trinajstić information content (AvgIpc) is 3.43. The van der Waals surface area contributed by atoms with E-state index in [1.165, 1.54) is 33.4 Å². The van der Waals surface area contributed by atoms with Gasteiger partial charge in [-0.25, -0.2) is 0 Å². The molecule has 0 amide bonds. The molecular formula is C40H57NO. The lowest BCUT2D eigenvalue weighted by molar-refractivity contribution is -0.121. The molecule has 2 aromatic carbocycles. The van der Waals surface area contributed by atoms with Crippen LogP contribution in [0.1, 0.15) is 116 Å². The van der Waals surface area contributed by atoms with Crippen molar-refractivity contribution in [1.82, 2.24) is 0 Å². The van der Waals surface area contributed by atoms with Crippen molar-refractivity contribution < 1.29 is 4.79 Å². The van der Waals surface area contributed by atoms with E-state index in [0.717, 1.165) is 62.5 Å². The van der Waals surface area contributed by atoms with Crippen LogP contribution in [0.3, 0.4) is 0 Å². The van der Waals surface area contributed by atoms with E-state index in [1.807, 2.05) is 13.8 Å². The van der Waals surface area contributed by atoms with Gasteiger partial charge in [-0.15, -0.1) is 0 Å². The zero-order chi connectivity index (χ0) is 31.3. The quantitative estimate of drug-likeness (QED) is 0.310. The fourth-order valence-electron chi connectivity index (χ4n) is 5.51. The van der Waals surface area contributed by atoms with Gasteiger partial charge >= 0.3 is 0 Å². The number of benzene rings is 2. The fourth-order valence-corrected chi connectivity index (χ4v) is 5.51. The first-order valence-corrected chi connectivity index (χ1v) is 16.1. The highest BCUT2D eigenvalue weighted by atomic mass is 16.1. The van der Waals surface area contributed by atoms with Crippen LogP contribution in [0.4, 0.5) is 0 Å². The molecule has 42 heavy (non-hydrogen) atoms. The lowest BCUT2D eigenvalue weighted by atomic mass is 9.76. The minimum atomic E-state index is 0.262. The molecule has 0 atom stereocenters. The Kier molecular flexibility index (Phi) is 14.4. The zero-order valence-electron chi connectivity index (χ0n) is 27.7. The van der Waals surface area contributed by atoms with Gasteiger partial charge < -0.3 is 5.73 Å². The molecule has 2 heteroatoms. The van der Waals surface area contributed by atoms with Crippen molar-refractivity contribution in [3.05, 3.63) is 107 Å². The predicted octanol–water partition coefficient (Wildman–Crippen LogP) is 10.9. The predicted molar refractivity (Wildman–Crippen MR) is 185 cm³/mol. The summed E-state index contributed by atoms with van der Waals surface area (Å²) >= 11 is 0. The molecule has 0 radical (unpaired) electrons. The maximum Gasteiger partial charge on any atom is 0.132 e. The number of carbonyl (C=O) groups is 1. The first kappa shape index (κ1) is 35.2. The molecule has 2 aliphatic rings. The maximum absolute atomic E-state index is 11.7. The van der Waals surface area contributed by atoms with E-state index >= 15 is 0 Å². The molecule has 2 nitrogen and oxygen atoms in total. The standard InChI is InChI=1S/C33H39NO.C5H12.C2H6/c1-23(30-13-11-28(22-34)12-14-30)19-29-10-9-27(20-29)8-7-26-5-4-6-33(21-26)24(2)31-15-17-32(18-16-31)25(3)35;1-5(2,3)4;1-2/h4-6,9-14,21,31-32H,1-2,7-8,15-20,22,34H2,3H3;1-4H3;1-2H3. The Balaban J connectivity index is 0.000000797. The van der Waals surface area contributed by atoms with E-state index in [4.69, 9.17) is 5.73 Å². The number of ketones is 1. The molecule has 1 fully saturated rings. The summed E-state index contributed by atoms with van der Waals surface area (Å²) in [5.74, 6) is 1.11. The van der Waals surface area contributed by atoms with Crippen LogP contribution in [0, 0.1) is 17.3 Å². The number of aryl methyl sites for hydroxylation is 1. The molecule has 0 heterocycles. The molecule has 0 unspecified atom stereocenters. The Labute approximate surface area is 257 Å². The zero-order valence-corrected chi connectivity index (χ0v) is 27.7. The van der Waals surface area contributed by atoms with Crippen molar-refractivity contribution in [1.29, 1.82) is 0 Å². The van der Waals surface area contributed by atoms with Crippen LogP contribution in [-0.4, -0.2) is 5.78 Å². The third kappa shape index (κ3) is 12.1. The van der Waals surface area contributed by atoms with Crippen LogP contribution in [0.2, 0.25) is 0 Å². The summed E-state index contributed by atoms with van der Waals surface area (Å²) in [7, 11) is 0. The fraction of sp³-hybridized carbons (Fsp3) is 0.475. The second kappa shape index (κ2) is 17.2. The highest BCUT2D eigenvalue weighted by Gasteiger charge is 2.26. The number of Topliss-reactive ketones (excluding diaryl/α,β-unsaturated/α-hetero) is 1. The Hall–Kier alpha value is -2.97. The van der Waals surface area contributed by atoms with Gasteiger partial charge in [-0.3, -0.25) is 4.79 Å². The number of allylic oxidation sites excluding steroid dienone is 6. The number of rotatable bonds is 10. The molecule has 2 aliphatic carbocycles. The van der Waals surface area contributed by atoms with Crippen LogP contribution in [0.5, 0.6) is 0 Å². The van der Waals surface area contributed by atoms with E-state index in [0.29, 0.717) is 23.7 Å². The van der Waals surface area contributed by atoms with Gasteiger partial charge in [0.25, 0.3) is 0 Å². The molecule has 4 rings (SSSR count). The molecule has 0 bridgehead atoms. The Morgan fingerprint density at radius 2 is 1.38 bits per heavy atom. The summed E-state index contributed by atoms with van der Waals surface area (Å²) in [5.41, 5.74) is 16.6. The summed E-state index contributed by atoms with van der Waals surface area (Å²) in [6.45, 7) is 23.8. The van der Waals surface area contributed by atoms with Crippen molar-refractivity contribution in [3.8, 4) is 0 Å². The number of hydrogen-bond acceptors (Lipinski definition) is 2. The van der Waals surface area contributed by atoms with Crippen molar-refractivity contribution in [2.24, 2.45) is 23.0 Å². The smallest absolute Gasteiger partial charge is 0.132 e. The van der Waals surface area contributed by atoms with Gasteiger partial charge in [0, 0.05) is 12.5 Å². The van der Waals surface area contributed by atoms with E-state index in [1.54, 1.807) is 6.92 Å². The van der Waals surface area contributed by atoms with Gasteiger partial charge in [0.15, 0.2) is 0 Å². The van der Waals surface area contributed by atoms with Crippen LogP contribution >= 0.6 is 0 Å². The summed E-state index contributed by atoms with van der Waals surface area (Å²) < 4.78 is 0. The second-order valence-electron chi connectivity index (χ2n) is 13.4. The number of hydrogen-bond donors (Lipinski definition) is 1. The summed E-state index contributed by atoms with van der Waals surface area (Å²) in [6.07, 6.45) is 12.9. The molecule has 0 saturated heterocycles. The molecule has 0 spiro atoms. The normalized spacial score (nSPS) is 18.0. The Morgan fingerprint density at radius 1 is 0.810 bits per heavy atom. The number of carbonyl (C=O) groups excluding carboxylic acids is 1. The average molecular weight is 568 g/mol. The topological polar surface area (TPSA) is 43.1 Å². The molecule has 0 aromatic heterocycles.